The molecule has 2 heterocycles. The maximum atomic E-state index is 11.9. The molecule has 2 aliphatic heterocycles. The van der Waals surface area contributed by atoms with E-state index in [1.54, 1.807) is 0 Å². The van der Waals surface area contributed by atoms with Crippen molar-refractivity contribution in [3.8, 4) is 0 Å². The predicted molar refractivity (Wildman–Crippen MR) is 80.4 cm³/mol. The van der Waals surface area contributed by atoms with Crippen molar-refractivity contribution in [2.45, 2.75) is 31.8 Å². The highest BCUT2D eigenvalue weighted by Crippen LogP contribution is 2.05. The molecule has 0 aromatic carbocycles. The third kappa shape index (κ3) is 6.27. The Morgan fingerprint density at radius 1 is 1.42 bits per heavy atom. The second kappa shape index (κ2) is 9.77. The fourth-order valence-electron chi connectivity index (χ4n) is 2.47. The van der Waals surface area contributed by atoms with Gasteiger partial charge >= 0.3 is 0 Å². The van der Waals surface area contributed by atoms with Crippen LogP contribution < -0.4 is 10.6 Å². The Morgan fingerprint density at radius 2 is 2.11 bits per heavy atom. The smallest absolute Gasteiger partial charge is 0.237 e. The van der Waals surface area contributed by atoms with E-state index < -0.39 is 0 Å². The van der Waals surface area contributed by atoms with Gasteiger partial charge in [-0.2, -0.15) is 0 Å². The molecule has 1 unspecified atom stereocenters. The van der Waals surface area contributed by atoms with Crippen LogP contribution in [0.3, 0.4) is 0 Å². The summed E-state index contributed by atoms with van der Waals surface area (Å²) in [4.78, 5) is 14.2. The zero-order valence-electron chi connectivity index (χ0n) is 11.4. The fourth-order valence-corrected chi connectivity index (χ4v) is 2.47. The van der Waals surface area contributed by atoms with Gasteiger partial charge in [0, 0.05) is 25.7 Å². The molecule has 114 valence electrons. The number of carbonyl (C=O) groups is 1. The normalized spacial score (nSPS) is 25.0. The van der Waals surface area contributed by atoms with Crippen LogP contribution in [0.15, 0.2) is 0 Å². The van der Waals surface area contributed by atoms with Gasteiger partial charge in [0.2, 0.25) is 5.91 Å². The van der Waals surface area contributed by atoms with E-state index in [9.17, 15) is 4.79 Å². The lowest BCUT2D eigenvalue weighted by Crippen LogP contribution is -2.49. The monoisotopic (exact) mass is 313 g/mol. The number of nitrogens with one attached hydrogen (secondary N) is 2. The maximum Gasteiger partial charge on any atom is 0.237 e. The molecule has 0 aromatic heterocycles. The van der Waals surface area contributed by atoms with Crippen LogP contribution in [0, 0.1) is 0 Å². The number of rotatable bonds is 4. The SMILES string of the molecule is CC(CN1CCOCC1)NC(=O)[C@@H]1CCCN1.Cl.Cl. The minimum atomic E-state index is 0. The Bertz CT molecular complexity index is 257. The van der Waals surface area contributed by atoms with Crippen molar-refractivity contribution in [3.05, 3.63) is 0 Å². The zero-order chi connectivity index (χ0) is 12.1. The van der Waals surface area contributed by atoms with Crippen LogP contribution in [0.25, 0.3) is 0 Å². The van der Waals surface area contributed by atoms with Crippen molar-refractivity contribution in [2.75, 3.05) is 39.4 Å². The summed E-state index contributed by atoms with van der Waals surface area (Å²) in [6.07, 6.45) is 2.08. The number of ether oxygens (including phenoxy) is 1. The first-order valence-corrected chi connectivity index (χ1v) is 6.59. The summed E-state index contributed by atoms with van der Waals surface area (Å²) < 4.78 is 5.30. The van der Waals surface area contributed by atoms with Gasteiger partial charge in [0.05, 0.1) is 19.3 Å². The molecule has 0 radical (unpaired) electrons. The minimum absolute atomic E-state index is 0. The highest BCUT2D eigenvalue weighted by molar-refractivity contribution is 5.85. The molecule has 0 spiro atoms. The van der Waals surface area contributed by atoms with Crippen molar-refractivity contribution >= 4 is 30.7 Å². The largest absolute Gasteiger partial charge is 0.379 e. The van der Waals surface area contributed by atoms with Crippen LogP contribution in [0.2, 0.25) is 0 Å². The molecule has 2 N–H and O–H groups in total. The average Bonchev–Trinajstić information content (AvgIpc) is 2.83. The van der Waals surface area contributed by atoms with Gasteiger partial charge in [-0.1, -0.05) is 0 Å². The van der Waals surface area contributed by atoms with Crippen molar-refractivity contribution in [2.24, 2.45) is 0 Å². The summed E-state index contributed by atoms with van der Waals surface area (Å²) in [5.41, 5.74) is 0. The molecule has 0 aromatic rings. The number of hydrogen-bond acceptors (Lipinski definition) is 4. The Morgan fingerprint density at radius 3 is 2.68 bits per heavy atom. The molecule has 0 bridgehead atoms. The van der Waals surface area contributed by atoms with Crippen molar-refractivity contribution in [1.29, 1.82) is 0 Å². The number of nitrogens with zero attached hydrogens (tertiary/aromatic N) is 1. The number of hydrogen-bond donors (Lipinski definition) is 2. The Kier molecular flexibility index (Phi) is 9.74. The fraction of sp³-hybridized carbons (Fsp3) is 0.917. The Balaban J connectivity index is 0.00000162. The summed E-state index contributed by atoms with van der Waals surface area (Å²) in [7, 11) is 0. The maximum absolute atomic E-state index is 11.9. The lowest BCUT2D eigenvalue weighted by Gasteiger charge is -2.29. The molecular formula is C12H25Cl2N3O2. The molecule has 7 heteroatoms. The summed E-state index contributed by atoms with van der Waals surface area (Å²) in [5.74, 6) is 0.156. The van der Waals surface area contributed by atoms with Gasteiger partial charge in [0.25, 0.3) is 0 Å². The molecule has 2 rings (SSSR count). The van der Waals surface area contributed by atoms with Gasteiger partial charge in [0.1, 0.15) is 0 Å². The molecule has 2 atom stereocenters. The first-order chi connectivity index (χ1) is 8.25. The van der Waals surface area contributed by atoms with E-state index >= 15 is 0 Å². The van der Waals surface area contributed by atoms with Crippen molar-refractivity contribution in [3.63, 3.8) is 0 Å². The van der Waals surface area contributed by atoms with Gasteiger partial charge in [0.15, 0.2) is 0 Å². The highest BCUT2D eigenvalue weighted by Gasteiger charge is 2.23. The van der Waals surface area contributed by atoms with Crippen LogP contribution in [0.5, 0.6) is 0 Å². The van der Waals surface area contributed by atoms with Crippen LogP contribution in [0.4, 0.5) is 0 Å². The van der Waals surface area contributed by atoms with Gasteiger partial charge in [-0.15, -0.1) is 24.8 Å². The topological polar surface area (TPSA) is 53.6 Å². The third-order valence-corrected chi connectivity index (χ3v) is 3.40. The zero-order valence-corrected chi connectivity index (χ0v) is 13.0. The van der Waals surface area contributed by atoms with Gasteiger partial charge in [-0.25, -0.2) is 0 Å². The third-order valence-electron chi connectivity index (χ3n) is 3.40. The molecular weight excluding hydrogens is 289 g/mol. The standard InChI is InChI=1S/C12H23N3O2.2ClH/c1-10(9-15-5-7-17-8-6-15)14-12(16)11-3-2-4-13-11;;/h10-11,13H,2-9H2,1H3,(H,14,16);2*1H/t10?,11-;;/m0../s1. The van der Waals surface area contributed by atoms with E-state index in [-0.39, 0.29) is 42.8 Å². The molecule has 0 saturated carbocycles. The second-order valence-electron chi connectivity index (χ2n) is 4.97. The van der Waals surface area contributed by atoms with E-state index in [0.717, 1.165) is 52.2 Å². The lowest BCUT2D eigenvalue weighted by molar-refractivity contribution is -0.123. The van der Waals surface area contributed by atoms with Gasteiger partial charge in [-0.3, -0.25) is 9.69 Å². The molecule has 1 amide bonds. The van der Waals surface area contributed by atoms with E-state index in [2.05, 4.69) is 22.5 Å². The number of morpholine rings is 1. The number of amides is 1. The van der Waals surface area contributed by atoms with E-state index in [1.165, 1.54) is 0 Å². The molecule has 5 nitrogen and oxygen atoms in total. The Hall–Kier alpha value is -0.0700. The molecule has 0 aliphatic carbocycles. The van der Waals surface area contributed by atoms with Crippen LogP contribution in [-0.2, 0) is 9.53 Å². The first-order valence-electron chi connectivity index (χ1n) is 6.59. The molecule has 2 fully saturated rings. The van der Waals surface area contributed by atoms with Crippen molar-refractivity contribution < 1.29 is 9.53 Å². The second-order valence-corrected chi connectivity index (χ2v) is 4.97. The number of carbonyl (C=O) groups excluding carboxylic acids is 1. The van der Waals surface area contributed by atoms with Crippen molar-refractivity contribution in [1.82, 2.24) is 15.5 Å². The van der Waals surface area contributed by atoms with Crippen LogP contribution >= 0.6 is 24.8 Å². The van der Waals surface area contributed by atoms with Gasteiger partial charge < -0.3 is 15.4 Å². The average molecular weight is 314 g/mol. The van der Waals surface area contributed by atoms with Crippen LogP contribution in [0.1, 0.15) is 19.8 Å². The molecule has 19 heavy (non-hydrogen) atoms. The predicted octanol–water partition coefficient (Wildman–Crippen LogP) is 0.419. The van der Waals surface area contributed by atoms with Gasteiger partial charge in [-0.05, 0) is 26.3 Å². The first kappa shape index (κ1) is 18.9. The summed E-state index contributed by atoms with van der Waals surface area (Å²) >= 11 is 0. The summed E-state index contributed by atoms with van der Waals surface area (Å²) in [6.45, 7) is 7.53. The minimum Gasteiger partial charge on any atom is -0.379 e. The highest BCUT2D eigenvalue weighted by atomic mass is 35.5. The number of halogens is 2. The molecule has 2 aliphatic rings. The quantitative estimate of drug-likeness (QED) is 0.790. The summed E-state index contributed by atoms with van der Waals surface area (Å²) in [5, 5.41) is 6.30. The van der Waals surface area contributed by atoms with Crippen LogP contribution in [-0.4, -0.2) is 62.3 Å². The lowest BCUT2D eigenvalue weighted by atomic mass is 10.2. The van der Waals surface area contributed by atoms with E-state index in [4.69, 9.17) is 4.74 Å². The van der Waals surface area contributed by atoms with E-state index in [0.29, 0.717) is 0 Å². The Labute approximate surface area is 127 Å². The summed E-state index contributed by atoms with van der Waals surface area (Å²) in [6, 6.07) is 0.241. The molecule has 2 saturated heterocycles. The van der Waals surface area contributed by atoms with E-state index in [1.807, 2.05) is 0 Å².